The summed E-state index contributed by atoms with van der Waals surface area (Å²) in [5, 5.41) is 0. The second-order valence-electron chi connectivity index (χ2n) is 4.82. The van der Waals surface area contributed by atoms with Crippen LogP contribution in [0.25, 0.3) is 0 Å². The van der Waals surface area contributed by atoms with E-state index < -0.39 is 18.4 Å². The Morgan fingerprint density at radius 3 is 2.42 bits per heavy atom. The molecule has 1 aromatic rings. The first-order chi connectivity index (χ1) is 5.59. The fourth-order valence-electron chi connectivity index (χ4n) is 2.03. The number of fused-ring (bicyclic) bond motifs is 1. The molecule has 1 unspecified atom stereocenters. The third-order valence-corrected chi connectivity index (χ3v) is 10.3. The maximum atomic E-state index is 2.54. The second-order valence-corrected chi connectivity index (χ2v) is 20.3. The summed E-state index contributed by atoms with van der Waals surface area (Å²) in [5.41, 5.74) is 3.27. The average Bonchev–Trinajstić information content (AvgIpc) is 1.88. The second kappa shape index (κ2) is 2.76. The molecule has 0 spiro atoms. The van der Waals surface area contributed by atoms with Gasteiger partial charge in [0.15, 0.2) is 0 Å². The van der Waals surface area contributed by atoms with E-state index in [2.05, 4.69) is 39.1 Å². The van der Waals surface area contributed by atoms with Crippen LogP contribution in [-0.4, -0.2) is 18.4 Å². The fraction of sp³-hybridized carbons (Fsp3) is 0.455. The van der Waals surface area contributed by atoms with Crippen LogP contribution in [0.2, 0.25) is 14.8 Å². The summed E-state index contributed by atoms with van der Waals surface area (Å²) >= 11 is -1.62. The summed E-state index contributed by atoms with van der Waals surface area (Å²) in [6.07, 6.45) is 1.37. The number of benzene rings is 1. The average molecular weight is 267 g/mol. The van der Waals surface area contributed by atoms with Crippen molar-refractivity contribution in [2.75, 3.05) is 0 Å². The molecule has 12 heavy (non-hydrogen) atoms. The molecule has 0 nitrogen and oxygen atoms in total. The van der Waals surface area contributed by atoms with Gasteiger partial charge in [-0.1, -0.05) is 0 Å². The molecular weight excluding hydrogens is 251 g/mol. The molecule has 0 bridgehead atoms. The fourth-order valence-corrected chi connectivity index (χ4v) is 7.87. The zero-order valence-corrected chi connectivity index (χ0v) is 10.9. The molecule has 0 aromatic heterocycles. The summed E-state index contributed by atoms with van der Waals surface area (Å²) < 4.78 is 0.996. The van der Waals surface area contributed by atoms with Gasteiger partial charge in [-0.2, -0.15) is 0 Å². The Morgan fingerprint density at radius 1 is 1.17 bits per heavy atom. The van der Waals surface area contributed by atoms with E-state index in [0.717, 1.165) is 3.93 Å². The van der Waals surface area contributed by atoms with Crippen molar-refractivity contribution in [2.45, 2.75) is 25.2 Å². The molecule has 0 amide bonds. The summed E-state index contributed by atoms with van der Waals surface area (Å²) in [6, 6.07) is 8.95. The van der Waals surface area contributed by atoms with Crippen LogP contribution in [0, 0.1) is 0 Å². The van der Waals surface area contributed by atoms with Crippen LogP contribution in [0.1, 0.15) is 15.1 Å². The Bertz CT molecular complexity index is 296. The van der Waals surface area contributed by atoms with Crippen LogP contribution in [0.4, 0.5) is 0 Å². The van der Waals surface area contributed by atoms with Gasteiger partial charge < -0.3 is 0 Å². The van der Waals surface area contributed by atoms with Gasteiger partial charge in [0.25, 0.3) is 0 Å². The van der Waals surface area contributed by atoms with Crippen LogP contribution >= 0.6 is 0 Å². The third kappa shape index (κ3) is 1.30. The van der Waals surface area contributed by atoms with E-state index in [4.69, 9.17) is 0 Å². The van der Waals surface area contributed by atoms with Crippen LogP contribution in [-0.2, 0) is 6.42 Å². The molecular formula is C11H16Sn. The van der Waals surface area contributed by atoms with Crippen molar-refractivity contribution in [1.82, 2.24) is 0 Å². The van der Waals surface area contributed by atoms with Crippen molar-refractivity contribution < 1.29 is 0 Å². The quantitative estimate of drug-likeness (QED) is 0.685. The molecule has 1 aromatic carbocycles. The SMILES string of the molecule is [CH3][Sn]([CH3])([CH3])[CH]1Cc2ccccc21. The predicted octanol–water partition coefficient (Wildman–Crippen LogP) is 3.20. The normalized spacial score (nSPS) is 21.4. The van der Waals surface area contributed by atoms with Gasteiger partial charge in [0, 0.05) is 0 Å². The first-order valence-corrected chi connectivity index (χ1v) is 14.9. The Balaban J connectivity index is 2.31. The molecule has 1 aliphatic rings. The van der Waals surface area contributed by atoms with Gasteiger partial charge in [-0.25, -0.2) is 0 Å². The van der Waals surface area contributed by atoms with E-state index in [0.29, 0.717) is 0 Å². The number of rotatable bonds is 1. The molecule has 1 atom stereocenters. The molecule has 0 N–H and O–H groups in total. The van der Waals surface area contributed by atoms with Gasteiger partial charge in [-0.05, 0) is 0 Å². The van der Waals surface area contributed by atoms with E-state index in [9.17, 15) is 0 Å². The first kappa shape index (κ1) is 8.61. The van der Waals surface area contributed by atoms with E-state index in [-0.39, 0.29) is 0 Å². The number of hydrogen-bond acceptors (Lipinski definition) is 0. The van der Waals surface area contributed by atoms with Gasteiger partial charge in [-0.3, -0.25) is 0 Å². The van der Waals surface area contributed by atoms with Gasteiger partial charge in [0.2, 0.25) is 0 Å². The van der Waals surface area contributed by atoms with E-state index in [1.54, 1.807) is 11.1 Å². The maximum absolute atomic E-state index is 2.54. The minimum atomic E-state index is -1.62. The molecule has 0 aliphatic heterocycles. The molecule has 0 fully saturated rings. The Labute approximate surface area is 78.9 Å². The molecule has 0 radical (unpaired) electrons. The van der Waals surface area contributed by atoms with Crippen LogP contribution in [0.3, 0.4) is 0 Å². The van der Waals surface area contributed by atoms with Crippen molar-refractivity contribution in [3.63, 3.8) is 0 Å². The van der Waals surface area contributed by atoms with Crippen molar-refractivity contribution in [2.24, 2.45) is 0 Å². The van der Waals surface area contributed by atoms with Gasteiger partial charge in [0.05, 0.1) is 0 Å². The van der Waals surface area contributed by atoms with Gasteiger partial charge in [-0.15, -0.1) is 0 Å². The summed E-state index contributed by atoms with van der Waals surface area (Å²) in [5.74, 6) is 0. The molecule has 1 heteroatoms. The molecule has 64 valence electrons. The van der Waals surface area contributed by atoms with Crippen LogP contribution < -0.4 is 0 Å². The Kier molecular flexibility index (Phi) is 1.98. The molecule has 0 saturated heterocycles. The van der Waals surface area contributed by atoms with Crippen molar-refractivity contribution in [1.29, 1.82) is 0 Å². The molecule has 0 heterocycles. The van der Waals surface area contributed by atoms with Gasteiger partial charge >= 0.3 is 78.9 Å². The first-order valence-electron chi connectivity index (χ1n) is 4.67. The predicted molar refractivity (Wildman–Crippen MR) is 56.2 cm³/mol. The van der Waals surface area contributed by atoms with Crippen molar-refractivity contribution >= 4 is 18.4 Å². The summed E-state index contributed by atoms with van der Waals surface area (Å²) in [7, 11) is 0. The molecule has 0 saturated carbocycles. The Hall–Kier alpha value is 0.0187. The molecule has 2 rings (SSSR count). The zero-order chi connectivity index (χ0) is 8.77. The van der Waals surface area contributed by atoms with E-state index in [1.807, 2.05) is 0 Å². The summed E-state index contributed by atoms with van der Waals surface area (Å²) in [4.78, 5) is 7.61. The zero-order valence-electron chi connectivity index (χ0n) is 8.09. The van der Waals surface area contributed by atoms with Crippen molar-refractivity contribution in [3.05, 3.63) is 35.4 Å². The van der Waals surface area contributed by atoms with Crippen LogP contribution in [0.5, 0.6) is 0 Å². The summed E-state index contributed by atoms with van der Waals surface area (Å²) in [6.45, 7) is 0. The minimum absolute atomic E-state index is 0.996. The van der Waals surface area contributed by atoms with E-state index in [1.165, 1.54) is 6.42 Å². The topological polar surface area (TPSA) is 0 Å². The van der Waals surface area contributed by atoms with Crippen molar-refractivity contribution in [3.8, 4) is 0 Å². The van der Waals surface area contributed by atoms with E-state index >= 15 is 0 Å². The monoisotopic (exact) mass is 268 g/mol. The molecule has 1 aliphatic carbocycles. The van der Waals surface area contributed by atoms with Crippen LogP contribution in [0.15, 0.2) is 24.3 Å². The third-order valence-electron chi connectivity index (χ3n) is 2.90. The van der Waals surface area contributed by atoms with Gasteiger partial charge in [0.1, 0.15) is 0 Å². The number of hydrogen-bond donors (Lipinski definition) is 0. The Morgan fingerprint density at radius 2 is 1.83 bits per heavy atom. The standard InChI is InChI=1S/C8H7.3CH3.Sn/c1-2-4-8-6-5-7(8)3-1;;;;/h1-5H,6H2;3*1H3;.